The molecule has 0 aliphatic carbocycles. The Hall–Kier alpha value is -1.53. The fourth-order valence-corrected chi connectivity index (χ4v) is 2.89. The SMILES string of the molecule is CC1CN(C)CCCN1c1nccc(/C(N)=N/O)c1Cl. The Labute approximate surface area is 123 Å². The number of pyridine rings is 1. The summed E-state index contributed by atoms with van der Waals surface area (Å²) in [6, 6.07) is 1.95. The number of amidine groups is 1. The molecule has 1 aromatic rings. The molecule has 3 N–H and O–H groups in total. The van der Waals surface area contributed by atoms with Gasteiger partial charge in [0.2, 0.25) is 0 Å². The van der Waals surface area contributed by atoms with Crippen LogP contribution in [-0.2, 0) is 0 Å². The second-order valence-corrected chi connectivity index (χ2v) is 5.52. The Bertz CT molecular complexity index is 508. The topological polar surface area (TPSA) is 78.0 Å². The van der Waals surface area contributed by atoms with Gasteiger partial charge in [0.25, 0.3) is 0 Å². The van der Waals surface area contributed by atoms with Crippen molar-refractivity contribution in [3.8, 4) is 0 Å². The van der Waals surface area contributed by atoms with Gasteiger partial charge < -0.3 is 20.7 Å². The van der Waals surface area contributed by atoms with Crippen molar-refractivity contribution in [3.05, 3.63) is 22.8 Å². The molecule has 1 aliphatic rings. The Balaban J connectivity index is 2.37. The zero-order valence-electron chi connectivity index (χ0n) is 11.8. The van der Waals surface area contributed by atoms with Crippen LogP contribution >= 0.6 is 11.6 Å². The average molecular weight is 298 g/mol. The first-order chi connectivity index (χ1) is 9.54. The number of hydrogen-bond donors (Lipinski definition) is 2. The lowest BCUT2D eigenvalue weighted by atomic mass is 10.2. The number of aromatic nitrogens is 1. The molecule has 6 nitrogen and oxygen atoms in total. The van der Waals surface area contributed by atoms with Gasteiger partial charge in [-0.15, -0.1) is 0 Å². The Morgan fingerprint density at radius 1 is 1.55 bits per heavy atom. The van der Waals surface area contributed by atoms with Gasteiger partial charge >= 0.3 is 0 Å². The molecule has 1 aromatic heterocycles. The third-order valence-electron chi connectivity index (χ3n) is 3.57. The summed E-state index contributed by atoms with van der Waals surface area (Å²) < 4.78 is 0. The summed E-state index contributed by atoms with van der Waals surface area (Å²) in [5.41, 5.74) is 6.15. The van der Waals surface area contributed by atoms with Crippen molar-refractivity contribution in [1.82, 2.24) is 9.88 Å². The second-order valence-electron chi connectivity index (χ2n) is 5.14. The lowest BCUT2D eigenvalue weighted by molar-refractivity contribution is 0.318. The van der Waals surface area contributed by atoms with Crippen LogP contribution in [-0.4, -0.2) is 53.7 Å². The molecule has 7 heteroatoms. The van der Waals surface area contributed by atoms with E-state index < -0.39 is 0 Å². The van der Waals surface area contributed by atoms with Gasteiger partial charge in [-0.3, -0.25) is 0 Å². The number of halogens is 1. The van der Waals surface area contributed by atoms with E-state index in [0.29, 0.717) is 22.4 Å². The predicted molar refractivity (Wildman–Crippen MR) is 80.7 cm³/mol. The van der Waals surface area contributed by atoms with Crippen molar-refractivity contribution in [2.45, 2.75) is 19.4 Å². The fraction of sp³-hybridized carbons (Fsp3) is 0.538. The maximum atomic E-state index is 8.81. The van der Waals surface area contributed by atoms with Gasteiger partial charge in [0.05, 0.1) is 5.02 Å². The minimum atomic E-state index is -0.00163. The van der Waals surface area contributed by atoms with Crippen LogP contribution in [0.15, 0.2) is 17.4 Å². The van der Waals surface area contributed by atoms with Crippen LogP contribution in [0.25, 0.3) is 0 Å². The number of nitrogens with zero attached hydrogens (tertiary/aromatic N) is 4. The van der Waals surface area contributed by atoms with Crippen LogP contribution in [0.4, 0.5) is 5.82 Å². The molecule has 0 saturated carbocycles. The van der Waals surface area contributed by atoms with Crippen molar-refractivity contribution in [2.24, 2.45) is 10.9 Å². The molecule has 1 saturated heterocycles. The molecule has 0 spiro atoms. The van der Waals surface area contributed by atoms with E-state index in [0.717, 1.165) is 26.1 Å². The number of oxime groups is 1. The third-order valence-corrected chi connectivity index (χ3v) is 3.95. The molecule has 1 fully saturated rings. The monoisotopic (exact) mass is 297 g/mol. The van der Waals surface area contributed by atoms with Crippen LogP contribution < -0.4 is 10.6 Å². The number of hydrogen-bond acceptors (Lipinski definition) is 5. The maximum Gasteiger partial charge on any atom is 0.171 e. The van der Waals surface area contributed by atoms with Gasteiger partial charge in [0.15, 0.2) is 5.84 Å². The predicted octanol–water partition coefficient (Wildman–Crippen LogP) is 1.36. The standard InChI is InChI=1S/C13H20ClN5O/c1-9-8-18(2)6-3-7-19(9)13-11(14)10(4-5-16-13)12(15)17-20/h4-5,9,20H,3,6-8H2,1-2H3,(H2,15,17). The first-order valence-electron chi connectivity index (χ1n) is 6.62. The molecule has 1 unspecified atom stereocenters. The molecular weight excluding hydrogens is 278 g/mol. The molecule has 0 amide bonds. The summed E-state index contributed by atoms with van der Waals surface area (Å²) in [5.74, 6) is 0.691. The summed E-state index contributed by atoms with van der Waals surface area (Å²) in [6.45, 7) is 5.04. The minimum absolute atomic E-state index is 0.00163. The van der Waals surface area contributed by atoms with Crippen LogP contribution in [0.3, 0.4) is 0 Å². The Kier molecular flexibility index (Phi) is 4.67. The van der Waals surface area contributed by atoms with E-state index in [4.69, 9.17) is 22.5 Å². The van der Waals surface area contributed by atoms with E-state index in [1.54, 1.807) is 12.3 Å². The van der Waals surface area contributed by atoms with E-state index in [2.05, 4.69) is 33.9 Å². The van der Waals surface area contributed by atoms with E-state index >= 15 is 0 Å². The summed E-state index contributed by atoms with van der Waals surface area (Å²) in [6.07, 6.45) is 2.68. The van der Waals surface area contributed by atoms with Crippen molar-refractivity contribution in [1.29, 1.82) is 0 Å². The second kappa shape index (κ2) is 6.28. The molecule has 110 valence electrons. The zero-order valence-corrected chi connectivity index (χ0v) is 12.5. The van der Waals surface area contributed by atoms with Gasteiger partial charge in [0.1, 0.15) is 5.82 Å². The molecule has 0 aromatic carbocycles. The van der Waals surface area contributed by atoms with Crippen molar-refractivity contribution in [3.63, 3.8) is 0 Å². The summed E-state index contributed by atoms with van der Waals surface area (Å²) in [5, 5.41) is 12.2. The average Bonchev–Trinajstić information content (AvgIpc) is 2.59. The molecular formula is C13H20ClN5O. The van der Waals surface area contributed by atoms with Crippen LogP contribution in [0.5, 0.6) is 0 Å². The molecule has 0 bridgehead atoms. The fourth-order valence-electron chi connectivity index (χ4n) is 2.57. The van der Waals surface area contributed by atoms with Gasteiger partial charge in [-0.25, -0.2) is 4.98 Å². The molecule has 1 atom stereocenters. The van der Waals surface area contributed by atoms with Crippen molar-refractivity contribution < 1.29 is 5.21 Å². The Morgan fingerprint density at radius 3 is 3.00 bits per heavy atom. The quantitative estimate of drug-likeness (QED) is 0.373. The van der Waals surface area contributed by atoms with Crippen molar-refractivity contribution >= 4 is 23.3 Å². The first kappa shape index (κ1) is 14.9. The third kappa shape index (κ3) is 2.96. The molecule has 20 heavy (non-hydrogen) atoms. The highest BCUT2D eigenvalue weighted by Gasteiger charge is 2.24. The minimum Gasteiger partial charge on any atom is -0.409 e. The number of likely N-dealkylation sites (N-methyl/N-ethyl adjacent to an activating group) is 1. The normalized spacial score (nSPS) is 21.9. The molecule has 1 aliphatic heterocycles. The summed E-state index contributed by atoms with van der Waals surface area (Å²) in [4.78, 5) is 8.86. The zero-order chi connectivity index (χ0) is 14.7. The van der Waals surface area contributed by atoms with Gasteiger partial charge in [0, 0.05) is 30.9 Å². The maximum absolute atomic E-state index is 8.81. The number of nitrogens with two attached hydrogens (primary N) is 1. The highest BCUT2D eigenvalue weighted by Crippen LogP contribution is 2.29. The Morgan fingerprint density at radius 2 is 2.30 bits per heavy atom. The highest BCUT2D eigenvalue weighted by molar-refractivity contribution is 6.36. The first-order valence-corrected chi connectivity index (χ1v) is 7.00. The number of rotatable bonds is 2. The van der Waals surface area contributed by atoms with E-state index in [1.807, 2.05) is 0 Å². The summed E-state index contributed by atoms with van der Waals surface area (Å²) >= 11 is 6.38. The van der Waals surface area contributed by atoms with Gasteiger partial charge in [-0.1, -0.05) is 16.8 Å². The van der Waals surface area contributed by atoms with Gasteiger partial charge in [-0.05, 0) is 33.0 Å². The smallest absolute Gasteiger partial charge is 0.171 e. The molecule has 2 heterocycles. The van der Waals surface area contributed by atoms with E-state index in [9.17, 15) is 0 Å². The molecule has 0 radical (unpaired) electrons. The van der Waals surface area contributed by atoms with Crippen LogP contribution in [0.1, 0.15) is 18.9 Å². The van der Waals surface area contributed by atoms with E-state index in [1.165, 1.54) is 0 Å². The van der Waals surface area contributed by atoms with Crippen molar-refractivity contribution in [2.75, 3.05) is 31.6 Å². The lowest BCUT2D eigenvalue weighted by Crippen LogP contribution is -2.38. The lowest BCUT2D eigenvalue weighted by Gasteiger charge is -2.30. The number of anilines is 1. The van der Waals surface area contributed by atoms with E-state index in [-0.39, 0.29) is 5.84 Å². The van der Waals surface area contributed by atoms with Gasteiger partial charge in [-0.2, -0.15) is 0 Å². The largest absolute Gasteiger partial charge is 0.409 e. The highest BCUT2D eigenvalue weighted by atomic mass is 35.5. The summed E-state index contributed by atoms with van der Waals surface area (Å²) in [7, 11) is 2.11. The molecule has 2 rings (SSSR count). The van der Waals surface area contributed by atoms with Crippen LogP contribution in [0, 0.1) is 0 Å². The van der Waals surface area contributed by atoms with Crippen LogP contribution in [0.2, 0.25) is 5.02 Å².